The maximum absolute atomic E-state index is 8.92. The Morgan fingerprint density at radius 2 is 2.00 bits per heavy atom. The quantitative estimate of drug-likeness (QED) is 0.415. The summed E-state index contributed by atoms with van der Waals surface area (Å²) in [7, 11) is 1.64. The molecule has 3 aromatic rings. The summed E-state index contributed by atoms with van der Waals surface area (Å²) in [6.07, 6.45) is 1.72. The van der Waals surface area contributed by atoms with Crippen LogP contribution in [-0.2, 0) is 4.74 Å². The Kier molecular flexibility index (Phi) is 7.01. The third-order valence-electron chi connectivity index (χ3n) is 3.80. The van der Waals surface area contributed by atoms with Gasteiger partial charge in [0.2, 0.25) is 4.80 Å². The van der Waals surface area contributed by atoms with E-state index in [1.807, 2.05) is 23.6 Å². The maximum atomic E-state index is 8.92. The zero-order valence-corrected chi connectivity index (χ0v) is 17.3. The molecule has 0 unspecified atom stereocenters. The first kappa shape index (κ1) is 20.3. The lowest BCUT2D eigenvalue weighted by atomic mass is 10.2. The van der Waals surface area contributed by atoms with Crippen LogP contribution in [-0.4, -0.2) is 31.2 Å². The number of aromatic nitrogens is 1. The first-order chi connectivity index (χ1) is 13.6. The van der Waals surface area contributed by atoms with E-state index in [9.17, 15) is 0 Å². The van der Waals surface area contributed by atoms with Gasteiger partial charge in [-0.3, -0.25) is 4.99 Å². The molecule has 1 aromatic heterocycles. The number of thiazole rings is 1. The molecule has 0 aliphatic rings. The predicted molar refractivity (Wildman–Crippen MR) is 114 cm³/mol. The molecule has 0 aliphatic carbocycles. The molecule has 0 bridgehead atoms. The van der Waals surface area contributed by atoms with Crippen LogP contribution >= 0.6 is 34.5 Å². The average molecular weight is 431 g/mol. The highest BCUT2D eigenvalue weighted by atomic mass is 35.5. The lowest BCUT2D eigenvalue weighted by Gasteiger charge is -2.06. The molecule has 8 heteroatoms. The summed E-state index contributed by atoms with van der Waals surface area (Å²) in [4.78, 5) is 5.28. The van der Waals surface area contributed by atoms with Gasteiger partial charge in [0.25, 0.3) is 0 Å². The fraction of sp³-hybridized carbons (Fsp3) is 0.150. The van der Waals surface area contributed by atoms with Crippen molar-refractivity contribution in [2.45, 2.75) is 0 Å². The third kappa shape index (κ3) is 4.89. The van der Waals surface area contributed by atoms with Crippen LogP contribution in [0.25, 0.3) is 11.3 Å². The van der Waals surface area contributed by atoms with Crippen LogP contribution in [0.4, 0.5) is 0 Å². The second-order valence-electron chi connectivity index (χ2n) is 5.69. The number of ether oxygens (including phenoxy) is 1. The molecule has 0 atom stereocenters. The van der Waals surface area contributed by atoms with E-state index in [2.05, 4.69) is 16.2 Å². The molecule has 2 aromatic carbocycles. The van der Waals surface area contributed by atoms with Crippen molar-refractivity contribution >= 4 is 40.8 Å². The number of halogens is 2. The Morgan fingerprint density at radius 1 is 1.21 bits per heavy atom. The first-order valence-electron chi connectivity index (χ1n) is 8.32. The van der Waals surface area contributed by atoms with Gasteiger partial charge in [-0.15, -0.1) is 11.3 Å². The highest BCUT2D eigenvalue weighted by molar-refractivity contribution is 7.07. The maximum Gasteiger partial charge on any atom is 0.206 e. The van der Waals surface area contributed by atoms with Crippen molar-refractivity contribution in [3.8, 4) is 17.3 Å². The molecular weight excluding hydrogens is 415 g/mol. The minimum absolute atomic E-state index is 0.522. The number of hydrogen-bond acceptors (Lipinski definition) is 5. The van der Waals surface area contributed by atoms with Crippen LogP contribution in [0.15, 0.2) is 57.9 Å². The normalized spacial score (nSPS) is 11.9. The van der Waals surface area contributed by atoms with Gasteiger partial charge in [0.1, 0.15) is 0 Å². The molecule has 28 heavy (non-hydrogen) atoms. The molecule has 3 rings (SSSR count). The van der Waals surface area contributed by atoms with E-state index in [4.69, 9.17) is 33.2 Å². The Bertz CT molecular complexity index is 1090. The number of benzene rings is 2. The first-order valence-corrected chi connectivity index (χ1v) is 9.96. The van der Waals surface area contributed by atoms with E-state index in [-0.39, 0.29) is 0 Å². The summed E-state index contributed by atoms with van der Waals surface area (Å²) >= 11 is 13.9. The number of hydrogen-bond donors (Lipinski definition) is 0. The predicted octanol–water partition coefficient (Wildman–Crippen LogP) is 4.82. The number of methoxy groups -OCH3 is 1. The van der Waals surface area contributed by atoms with E-state index in [1.54, 1.807) is 42.3 Å². The van der Waals surface area contributed by atoms with Crippen molar-refractivity contribution in [2.75, 3.05) is 20.3 Å². The lowest BCUT2D eigenvalue weighted by Crippen LogP contribution is -2.13. The second-order valence-corrected chi connectivity index (χ2v) is 7.37. The van der Waals surface area contributed by atoms with Gasteiger partial charge in [-0.2, -0.15) is 10.4 Å². The molecule has 0 spiro atoms. The topological polar surface area (TPSA) is 62.7 Å². The van der Waals surface area contributed by atoms with Gasteiger partial charge < -0.3 is 4.74 Å². The summed E-state index contributed by atoms with van der Waals surface area (Å²) in [5.74, 6) is 0. The lowest BCUT2D eigenvalue weighted by molar-refractivity contribution is 0.207. The van der Waals surface area contributed by atoms with Gasteiger partial charge in [-0.05, 0) is 35.9 Å². The molecule has 0 saturated carbocycles. The minimum atomic E-state index is 0.522. The summed E-state index contributed by atoms with van der Waals surface area (Å²) in [5.41, 5.74) is 3.10. The van der Waals surface area contributed by atoms with Gasteiger partial charge in [0.15, 0.2) is 0 Å². The van der Waals surface area contributed by atoms with E-state index >= 15 is 0 Å². The monoisotopic (exact) mass is 430 g/mol. The van der Waals surface area contributed by atoms with Crippen molar-refractivity contribution in [3.63, 3.8) is 0 Å². The van der Waals surface area contributed by atoms with Crippen LogP contribution in [0.1, 0.15) is 11.1 Å². The van der Waals surface area contributed by atoms with E-state index in [0.29, 0.717) is 28.8 Å². The Hall–Kier alpha value is -2.43. The summed E-state index contributed by atoms with van der Waals surface area (Å²) < 4.78 is 6.82. The molecule has 0 fully saturated rings. The zero-order chi connectivity index (χ0) is 19.9. The molecule has 0 aliphatic heterocycles. The number of nitrogens with zero attached hydrogens (tertiary/aromatic N) is 4. The standard InChI is InChI=1S/C20H16Cl2N4OS/c1-27-9-8-24-20-26(25-12-15-4-2-14(11-23)3-5-15)19(13-28-20)17-7-6-16(21)10-18(17)22/h2-7,10,12-13H,8-9H2,1H3/b24-20?,25-12-. The van der Waals surface area contributed by atoms with Gasteiger partial charge in [0.05, 0.1) is 41.7 Å². The van der Waals surface area contributed by atoms with Crippen LogP contribution in [0.5, 0.6) is 0 Å². The van der Waals surface area contributed by atoms with Crippen molar-refractivity contribution in [3.05, 3.63) is 73.8 Å². The molecule has 142 valence electrons. The molecular formula is C20H16Cl2N4OS. The van der Waals surface area contributed by atoms with Crippen LogP contribution in [0.3, 0.4) is 0 Å². The molecule has 0 radical (unpaired) electrons. The van der Waals surface area contributed by atoms with Gasteiger partial charge in [-0.1, -0.05) is 35.3 Å². The largest absolute Gasteiger partial charge is 0.383 e. The molecule has 5 nitrogen and oxygen atoms in total. The van der Waals surface area contributed by atoms with Crippen molar-refractivity contribution in [1.82, 2.24) is 4.68 Å². The van der Waals surface area contributed by atoms with Crippen LogP contribution in [0.2, 0.25) is 10.0 Å². The Labute approximate surface area is 176 Å². The van der Waals surface area contributed by atoms with Gasteiger partial charge >= 0.3 is 0 Å². The number of nitriles is 1. The summed E-state index contributed by atoms with van der Waals surface area (Å²) in [6, 6.07) is 14.6. The third-order valence-corrected chi connectivity index (χ3v) is 5.20. The van der Waals surface area contributed by atoms with Crippen molar-refractivity contribution in [2.24, 2.45) is 10.1 Å². The minimum Gasteiger partial charge on any atom is -0.383 e. The zero-order valence-electron chi connectivity index (χ0n) is 15.0. The van der Waals surface area contributed by atoms with Gasteiger partial charge in [-0.25, -0.2) is 4.68 Å². The Morgan fingerprint density at radius 3 is 2.68 bits per heavy atom. The second kappa shape index (κ2) is 9.67. The fourth-order valence-corrected chi connectivity index (χ4v) is 3.76. The Balaban J connectivity index is 2.04. The van der Waals surface area contributed by atoms with Crippen molar-refractivity contribution < 1.29 is 4.74 Å². The molecule has 0 N–H and O–H groups in total. The summed E-state index contributed by atoms with van der Waals surface area (Å²) in [6.45, 7) is 1.05. The van der Waals surface area contributed by atoms with Gasteiger partial charge in [0, 0.05) is 23.1 Å². The molecule has 0 amide bonds. The van der Waals surface area contributed by atoms with E-state index in [1.165, 1.54) is 11.3 Å². The number of rotatable bonds is 6. The summed E-state index contributed by atoms with van der Waals surface area (Å²) in [5, 5.41) is 16.6. The van der Waals surface area contributed by atoms with E-state index < -0.39 is 0 Å². The van der Waals surface area contributed by atoms with Crippen LogP contribution in [0, 0.1) is 11.3 Å². The molecule has 0 saturated heterocycles. The van der Waals surface area contributed by atoms with Crippen molar-refractivity contribution in [1.29, 1.82) is 5.26 Å². The smallest absolute Gasteiger partial charge is 0.206 e. The fourth-order valence-electron chi connectivity index (χ4n) is 2.40. The molecule has 1 heterocycles. The highest BCUT2D eigenvalue weighted by Gasteiger charge is 2.11. The van der Waals surface area contributed by atoms with E-state index in [0.717, 1.165) is 21.6 Å². The SMILES string of the molecule is COCCN=c1scc(-c2ccc(Cl)cc2Cl)n1/N=C\c1ccc(C#N)cc1. The average Bonchev–Trinajstić information content (AvgIpc) is 3.09. The highest BCUT2D eigenvalue weighted by Crippen LogP contribution is 2.30. The van der Waals surface area contributed by atoms with Crippen LogP contribution < -0.4 is 4.80 Å².